The lowest BCUT2D eigenvalue weighted by Gasteiger charge is -2.15. The van der Waals surface area contributed by atoms with Gasteiger partial charge in [0.25, 0.3) is 0 Å². The molecule has 0 radical (unpaired) electrons. The van der Waals surface area contributed by atoms with Crippen LogP contribution in [0.1, 0.15) is 22.7 Å². The number of halogens is 5. The maximum absolute atomic E-state index is 13.5. The van der Waals surface area contributed by atoms with Gasteiger partial charge in [-0.15, -0.1) is 0 Å². The van der Waals surface area contributed by atoms with Crippen LogP contribution in [0.5, 0.6) is 0 Å². The van der Waals surface area contributed by atoms with Gasteiger partial charge in [0.1, 0.15) is 5.82 Å². The van der Waals surface area contributed by atoms with Crippen molar-refractivity contribution in [3.8, 4) is 0 Å². The van der Waals surface area contributed by atoms with E-state index in [0.717, 1.165) is 6.07 Å². The van der Waals surface area contributed by atoms with Gasteiger partial charge in [0.05, 0.1) is 11.6 Å². The van der Waals surface area contributed by atoms with Gasteiger partial charge in [0.2, 0.25) is 0 Å². The Morgan fingerprint density at radius 3 is 2.00 bits per heavy atom. The van der Waals surface area contributed by atoms with Crippen molar-refractivity contribution < 1.29 is 17.6 Å². The molecule has 106 valence electrons. The minimum Gasteiger partial charge on any atom is -0.320 e. The Morgan fingerprint density at radius 2 is 1.50 bits per heavy atom. The summed E-state index contributed by atoms with van der Waals surface area (Å²) in [5.74, 6) is -1.33. The van der Waals surface area contributed by atoms with Crippen molar-refractivity contribution >= 4 is 11.6 Å². The third-order valence-corrected chi connectivity index (χ3v) is 3.14. The lowest BCUT2D eigenvalue weighted by molar-refractivity contribution is -0.140. The summed E-state index contributed by atoms with van der Waals surface area (Å²) < 4.78 is 50.9. The molecule has 0 aliphatic heterocycles. The number of alkyl halides is 3. The summed E-state index contributed by atoms with van der Waals surface area (Å²) in [7, 11) is 0. The minimum atomic E-state index is -4.72. The first-order chi connectivity index (χ1) is 9.29. The van der Waals surface area contributed by atoms with Crippen molar-refractivity contribution in [2.45, 2.75) is 12.2 Å². The van der Waals surface area contributed by atoms with Crippen LogP contribution in [0.4, 0.5) is 17.6 Å². The van der Waals surface area contributed by atoms with Gasteiger partial charge in [-0.3, -0.25) is 0 Å². The van der Waals surface area contributed by atoms with Gasteiger partial charge < -0.3 is 5.73 Å². The molecule has 6 heteroatoms. The average molecular weight is 304 g/mol. The molecule has 0 aromatic heterocycles. The summed E-state index contributed by atoms with van der Waals surface area (Å²) >= 11 is 5.73. The van der Waals surface area contributed by atoms with Crippen LogP contribution in [-0.4, -0.2) is 0 Å². The Bertz CT molecular complexity index is 608. The van der Waals surface area contributed by atoms with Gasteiger partial charge in [-0.05, 0) is 35.4 Å². The standard InChI is InChI=1S/C14H10ClF4N/c15-10-4-1-8(2-5-10)13(20)9-3-6-11(12(16)7-9)14(17,18)19/h1-7,13H,20H2/t13-/m0/s1. The zero-order valence-corrected chi connectivity index (χ0v) is 10.8. The first-order valence-corrected chi connectivity index (χ1v) is 6.04. The van der Waals surface area contributed by atoms with Crippen LogP contribution in [0.25, 0.3) is 0 Å². The van der Waals surface area contributed by atoms with E-state index >= 15 is 0 Å². The molecule has 1 atom stereocenters. The van der Waals surface area contributed by atoms with Gasteiger partial charge in [-0.1, -0.05) is 29.8 Å². The van der Waals surface area contributed by atoms with Crippen LogP contribution in [0, 0.1) is 5.82 Å². The highest BCUT2D eigenvalue weighted by atomic mass is 35.5. The smallest absolute Gasteiger partial charge is 0.320 e. The van der Waals surface area contributed by atoms with Crippen molar-refractivity contribution in [3.63, 3.8) is 0 Å². The van der Waals surface area contributed by atoms with E-state index in [-0.39, 0.29) is 5.56 Å². The molecule has 2 aromatic rings. The normalized spacial score (nSPS) is 13.3. The second-order valence-corrected chi connectivity index (χ2v) is 4.70. The summed E-state index contributed by atoms with van der Waals surface area (Å²) in [5.41, 5.74) is 5.50. The van der Waals surface area contributed by atoms with Gasteiger partial charge in [0, 0.05) is 5.02 Å². The Labute approximate surface area is 118 Å². The monoisotopic (exact) mass is 303 g/mol. The second kappa shape index (κ2) is 5.42. The summed E-state index contributed by atoms with van der Waals surface area (Å²) in [6.45, 7) is 0. The first kappa shape index (κ1) is 14.8. The predicted molar refractivity (Wildman–Crippen MR) is 68.9 cm³/mol. The number of benzene rings is 2. The molecule has 20 heavy (non-hydrogen) atoms. The Hall–Kier alpha value is -1.59. The highest BCUT2D eigenvalue weighted by Gasteiger charge is 2.34. The molecule has 0 heterocycles. The molecule has 0 amide bonds. The molecular formula is C14H10ClF4N. The van der Waals surface area contributed by atoms with Gasteiger partial charge >= 0.3 is 6.18 Å². The van der Waals surface area contributed by atoms with Gasteiger partial charge in [-0.25, -0.2) is 4.39 Å². The van der Waals surface area contributed by atoms with Crippen molar-refractivity contribution in [1.82, 2.24) is 0 Å². The van der Waals surface area contributed by atoms with Crippen LogP contribution >= 0.6 is 11.6 Å². The van der Waals surface area contributed by atoms with E-state index in [1.807, 2.05) is 0 Å². The number of rotatable bonds is 2. The lowest BCUT2D eigenvalue weighted by atomic mass is 9.98. The fourth-order valence-electron chi connectivity index (χ4n) is 1.82. The minimum absolute atomic E-state index is 0.262. The van der Waals surface area contributed by atoms with Crippen LogP contribution < -0.4 is 5.73 Å². The summed E-state index contributed by atoms with van der Waals surface area (Å²) in [4.78, 5) is 0. The van der Waals surface area contributed by atoms with E-state index in [1.54, 1.807) is 24.3 Å². The van der Waals surface area contributed by atoms with Crippen LogP contribution in [0.2, 0.25) is 5.02 Å². The molecule has 0 unspecified atom stereocenters. The van der Waals surface area contributed by atoms with Crippen LogP contribution in [0.3, 0.4) is 0 Å². The molecule has 0 aliphatic carbocycles. The highest BCUT2D eigenvalue weighted by Crippen LogP contribution is 2.33. The third-order valence-electron chi connectivity index (χ3n) is 2.89. The Kier molecular flexibility index (Phi) is 4.01. The van der Waals surface area contributed by atoms with Crippen molar-refractivity contribution in [2.75, 3.05) is 0 Å². The Balaban J connectivity index is 2.34. The molecule has 1 nitrogen and oxygen atoms in total. The van der Waals surface area contributed by atoms with E-state index in [4.69, 9.17) is 17.3 Å². The van der Waals surface area contributed by atoms with Crippen molar-refractivity contribution in [1.29, 1.82) is 0 Å². The zero-order valence-electron chi connectivity index (χ0n) is 10.1. The summed E-state index contributed by atoms with van der Waals surface area (Å²) in [6.07, 6.45) is -4.72. The molecular weight excluding hydrogens is 294 g/mol. The van der Waals surface area contributed by atoms with E-state index in [2.05, 4.69) is 0 Å². The fourth-order valence-corrected chi connectivity index (χ4v) is 1.94. The second-order valence-electron chi connectivity index (χ2n) is 4.27. The predicted octanol–water partition coefficient (Wildman–Crippen LogP) is 4.55. The molecule has 0 spiro atoms. The molecule has 2 N–H and O–H groups in total. The SMILES string of the molecule is N[C@@H](c1ccc(Cl)cc1)c1ccc(C(F)(F)F)c(F)c1. The number of hydrogen-bond acceptors (Lipinski definition) is 1. The Morgan fingerprint density at radius 1 is 0.950 bits per heavy atom. The molecule has 0 fully saturated rings. The molecule has 2 rings (SSSR count). The van der Waals surface area contributed by atoms with Crippen molar-refractivity contribution in [3.05, 3.63) is 70.0 Å². The summed E-state index contributed by atoms with van der Waals surface area (Å²) in [5, 5.41) is 0.513. The fraction of sp³-hybridized carbons (Fsp3) is 0.143. The number of nitrogens with two attached hydrogens (primary N) is 1. The number of hydrogen-bond donors (Lipinski definition) is 1. The quantitative estimate of drug-likeness (QED) is 0.810. The zero-order chi connectivity index (χ0) is 14.9. The molecule has 2 aromatic carbocycles. The van der Waals surface area contributed by atoms with Gasteiger partial charge in [-0.2, -0.15) is 13.2 Å². The average Bonchev–Trinajstić information content (AvgIpc) is 2.37. The first-order valence-electron chi connectivity index (χ1n) is 5.66. The van der Waals surface area contributed by atoms with E-state index < -0.39 is 23.6 Å². The largest absolute Gasteiger partial charge is 0.419 e. The van der Waals surface area contributed by atoms with E-state index in [9.17, 15) is 17.6 Å². The maximum Gasteiger partial charge on any atom is 0.419 e. The van der Waals surface area contributed by atoms with Crippen molar-refractivity contribution in [2.24, 2.45) is 5.73 Å². The molecule has 0 aliphatic rings. The van der Waals surface area contributed by atoms with Crippen LogP contribution in [0.15, 0.2) is 42.5 Å². The maximum atomic E-state index is 13.5. The molecule has 0 saturated carbocycles. The molecule has 0 saturated heterocycles. The highest BCUT2D eigenvalue weighted by molar-refractivity contribution is 6.30. The third kappa shape index (κ3) is 3.11. The summed E-state index contributed by atoms with van der Waals surface area (Å²) in [6, 6.07) is 8.46. The topological polar surface area (TPSA) is 26.0 Å². The molecule has 0 bridgehead atoms. The van der Waals surface area contributed by atoms with Crippen LogP contribution in [-0.2, 0) is 6.18 Å². The van der Waals surface area contributed by atoms with E-state index in [1.165, 1.54) is 6.07 Å². The van der Waals surface area contributed by atoms with E-state index in [0.29, 0.717) is 16.7 Å². The van der Waals surface area contributed by atoms with Gasteiger partial charge in [0.15, 0.2) is 0 Å². The lowest BCUT2D eigenvalue weighted by Crippen LogP contribution is -2.14.